The molecule has 1 aliphatic rings. The second-order valence-corrected chi connectivity index (χ2v) is 8.41. The first-order valence-corrected chi connectivity index (χ1v) is 10.7. The number of morpholine rings is 1. The summed E-state index contributed by atoms with van der Waals surface area (Å²) >= 11 is 0. The van der Waals surface area contributed by atoms with E-state index in [4.69, 9.17) is 4.74 Å². The number of hydrogen-bond acceptors (Lipinski definition) is 5. The molecule has 154 valence electrons. The molecule has 1 saturated heterocycles. The molecule has 1 aliphatic heterocycles. The number of nitrogens with zero attached hydrogens (tertiary/aromatic N) is 1. The summed E-state index contributed by atoms with van der Waals surface area (Å²) in [6, 6.07) is 12.6. The standard InChI is InChI=1S/C20H23N3O5S/c1-2-19(24)21-16-5-3-15(4-6-16)20(25)22-17-7-9-18(10-8-17)29(26,27)23-11-13-28-14-12-23/h3-10H,2,11-14H2,1H3,(H,21,24)(H,22,25). The van der Waals surface area contributed by atoms with Gasteiger partial charge in [0, 0.05) is 36.4 Å². The molecule has 2 N–H and O–H groups in total. The van der Waals surface area contributed by atoms with E-state index in [0.717, 1.165) is 0 Å². The molecule has 0 aromatic heterocycles. The SMILES string of the molecule is CCC(=O)Nc1ccc(C(=O)Nc2ccc(S(=O)(=O)N3CCOCC3)cc2)cc1. The largest absolute Gasteiger partial charge is 0.379 e. The lowest BCUT2D eigenvalue weighted by molar-refractivity contribution is -0.115. The van der Waals surface area contributed by atoms with Gasteiger partial charge in [-0.25, -0.2) is 8.42 Å². The van der Waals surface area contributed by atoms with E-state index in [1.807, 2.05) is 0 Å². The Balaban J connectivity index is 1.64. The van der Waals surface area contributed by atoms with Crippen molar-refractivity contribution in [2.45, 2.75) is 18.2 Å². The zero-order chi connectivity index (χ0) is 20.9. The molecule has 0 atom stereocenters. The summed E-state index contributed by atoms with van der Waals surface area (Å²) in [5.74, 6) is -0.434. The van der Waals surface area contributed by atoms with Gasteiger partial charge in [0.25, 0.3) is 5.91 Å². The van der Waals surface area contributed by atoms with Crippen molar-refractivity contribution in [2.24, 2.45) is 0 Å². The molecule has 0 bridgehead atoms. The zero-order valence-electron chi connectivity index (χ0n) is 16.1. The normalized spacial score (nSPS) is 14.9. The molecular weight excluding hydrogens is 394 g/mol. The Morgan fingerprint density at radius 3 is 2.07 bits per heavy atom. The highest BCUT2D eigenvalue weighted by Gasteiger charge is 2.26. The predicted molar refractivity (Wildman–Crippen MR) is 109 cm³/mol. The minimum Gasteiger partial charge on any atom is -0.379 e. The van der Waals surface area contributed by atoms with Gasteiger partial charge >= 0.3 is 0 Å². The molecule has 1 fully saturated rings. The van der Waals surface area contributed by atoms with Crippen LogP contribution in [0.25, 0.3) is 0 Å². The van der Waals surface area contributed by atoms with Gasteiger partial charge < -0.3 is 15.4 Å². The summed E-state index contributed by atoms with van der Waals surface area (Å²) < 4.78 is 31.8. The second kappa shape index (κ2) is 9.17. The molecular formula is C20H23N3O5S. The average molecular weight is 417 g/mol. The summed E-state index contributed by atoms with van der Waals surface area (Å²) in [7, 11) is -3.57. The van der Waals surface area contributed by atoms with Gasteiger partial charge in [-0.2, -0.15) is 4.31 Å². The molecule has 2 amide bonds. The number of benzene rings is 2. The van der Waals surface area contributed by atoms with E-state index in [1.54, 1.807) is 43.3 Å². The minimum absolute atomic E-state index is 0.102. The molecule has 29 heavy (non-hydrogen) atoms. The van der Waals surface area contributed by atoms with E-state index >= 15 is 0 Å². The number of carbonyl (C=O) groups is 2. The van der Waals surface area contributed by atoms with Gasteiger partial charge in [-0.3, -0.25) is 9.59 Å². The summed E-state index contributed by atoms with van der Waals surface area (Å²) in [6.07, 6.45) is 0.374. The van der Waals surface area contributed by atoms with Crippen molar-refractivity contribution < 1.29 is 22.7 Å². The van der Waals surface area contributed by atoms with Crippen molar-refractivity contribution in [3.05, 3.63) is 54.1 Å². The van der Waals surface area contributed by atoms with Gasteiger partial charge in [0.1, 0.15) is 0 Å². The Bertz CT molecular complexity index is 966. The maximum Gasteiger partial charge on any atom is 0.255 e. The summed E-state index contributed by atoms with van der Waals surface area (Å²) in [4.78, 5) is 24.0. The van der Waals surface area contributed by atoms with Crippen molar-refractivity contribution in [2.75, 3.05) is 36.9 Å². The first-order chi connectivity index (χ1) is 13.9. The summed E-state index contributed by atoms with van der Waals surface area (Å²) in [5, 5.41) is 5.45. The fourth-order valence-corrected chi connectivity index (χ4v) is 4.21. The number of amides is 2. The maximum absolute atomic E-state index is 12.6. The lowest BCUT2D eigenvalue weighted by Gasteiger charge is -2.26. The molecule has 0 aliphatic carbocycles. The smallest absolute Gasteiger partial charge is 0.255 e. The number of rotatable bonds is 6. The molecule has 1 heterocycles. The third kappa shape index (κ3) is 5.20. The quantitative estimate of drug-likeness (QED) is 0.750. The Morgan fingerprint density at radius 1 is 0.931 bits per heavy atom. The van der Waals surface area contributed by atoms with Crippen molar-refractivity contribution in [1.29, 1.82) is 0 Å². The molecule has 8 nitrogen and oxygen atoms in total. The molecule has 3 rings (SSSR count). The van der Waals surface area contributed by atoms with Crippen LogP contribution in [0.1, 0.15) is 23.7 Å². The van der Waals surface area contributed by atoms with Gasteiger partial charge in [0.05, 0.1) is 18.1 Å². The average Bonchev–Trinajstić information content (AvgIpc) is 2.75. The number of anilines is 2. The van der Waals surface area contributed by atoms with Gasteiger partial charge in [-0.15, -0.1) is 0 Å². The Hall–Kier alpha value is -2.75. The predicted octanol–water partition coefficient (Wildman–Crippen LogP) is 2.31. The van der Waals surface area contributed by atoms with E-state index in [2.05, 4.69) is 10.6 Å². The van der Waals surface area contributed by atoms with Gasteiger partial charge in [-0.1, -0.05) is 6.92 Å². The Morgan fingerprint density at radius 2 is 1.48 bits per heavy atom. The molecule has 0 radical (unpaired) electrons. The highest BCUT2D eigenvalue weighted by molar-refractivity contribution is 7.89. The lowest BCUT2D eigenvalue weighted by Crippen LogP contribution is -2.40. The van der Waals surface area contributed by atoms with Crippen LogP contribution in [-0.2, 0) is 19.6 Å². The van der Waals surface area contributed by atoms with Gasteiger partial charge in [0.15, 0.2) is 0 Å². The van der Waals surface area contributed by atoms with Crippen LogP contribution in [0.5, 0.6) is 0 Å². The molecule has 9 heteroatoms. The van der Waals surface area contributed by atoms with Crippen LogP contribution in [0.3, 0.4) is 0 Å². The van der Waals surface area contributed by atoms with Gasteiger partial charge in [-0.05, 0) is 48.5 Å². The Kier molecular flexibility index (Phi) is 6.63. The van der Waals surface area contributed by atoms with Crippen LogP contribution in [-0.4, -0.2) is 50.8 Å². The van der Waals surface area contributed by atoms with E-state index in [9.17, 15) is 18.0 Å². The Labute approximate surface area is 169 Å². The van der Waals surface area contributed by atoms with Crippen molar-refractivity contribution in [3.8, 4) is 0 Å². The highest BCUT2D eigenvalue weighted by Crippen LogP contribution is 2.20. The van der Waals surface area contributed by atoms with Gasteiger partial charge in [0.2, 0.25) is 15.9 Å². The molecule has 2 aromatic rings. The van der Waals surface area contributed by atoms with Crippen LogP contribution >= 0.6 is 0 Å². The van der Waals surface area contributed by atoms with E-state index in [1.165, 1.54) is 16.4 Å². The maximum atomic E-state index is 12.6. The third-order valence-electron chi connectivity index (χ3n) is 4.47. The van der Waals surface area contributed by atoms with E-state index in [-0.39, 0.29) is 16.7 Å². The molecule has 0 spiro atoms. The van der Waals surface area contributed by atoms with Crippen molar-refractivity contribution in [1.82, 2.24) is 4.31 Å². The van der Waals surface area contributed by atoms with Crippen LogP contribution in [0.4, 0.5) is 11.4 Å². The highest BCUT2D eigenvalue weighted by atomic mass is 32.2. The molecule has 2 aromatic carbocycles. The number of nitrogens with one attached hydrogen (secondary N) is 2. The monoisotopic (exact) mass is 417 g/mol. The van der Waals surface area contributed by atoms with E-state index in [0.29, 0.717) is 49.7 Å². The van der Waals surface area contributed by atoms with Crippen LogP contribution < -0.4 is 10.6 Å². The first-order valence-electron chi connectivity index (χ1n) is 9.29. The number of sulfonamides is 1. The lowest BCUT2D eigenvalue weighted by atomic mass is 10.2. The topological polar surface area (TPSA) is 105 Å². The first kappa shape index (κ1) is 21.0. The minimum atomic E-state index is -3.57. The number of hydrogen-bond donors (Lipinski definition) is 2. The van der Waals surface area contributed by atoms with Crippen LogP contribution in [0.15, 0.2) is 53.4 Å². The molecule has 0 unspecified atom stereocenters. The number of ether oxygens (including phenoxy) is 1. The van der Waals surface area contributed by atoms with E-state index < -0.39 is 10.0 Å². The fraction of sp³-hybridized carbons (Fsp3) is 0.300. The van der Waals surface area contributed by atoms with Crippen molar-refractivity contribution >= 4 is 33.2 Å². The zero-order valence-corrected chi connectivity index (χ0v) is 16.9. The summed E-state index contributed by atoms with van der Waals surface area (Å²) in [5.41, 5.74) is 1.52. The van der Waals surface area contributed by atoms with Crippen LogP contribution in [0, 0.1) is 0 Å². The third-order valence-corrected chi connectivity index (χ3v) is 6.38. The van der Waals surface area contributed by atoms with Crippen LogP contribution in [0.2, 0.25) is 0 Å². The molecule has 0 saturated carbocycles. The summed E-state index contributed by atoms with van der Waals surface area (Å²) in [6.45, 7) is 3.18. The number of carbonyl (C=O) groups excluding carboxylic acids is 2. The van der Waals surface area contributed by atoms with Crippen molar-refractivity contribution in [3.63, 3.8) is 0 Å². The second-order valence-electron chi connectivity index (χ2n) is 6.47. The fourth-order valence-electron chi connectivity index (χ4n) is 2.80.